The van der Waals surface area contributed by atoms with Gasteiger partial charge in [0.05, 0.1) is 5.69 Å². The number of hydrogen-bond acceptors (Lipinski definition) is 3. The van der Waals surface area contributed by atoms with Crippen LogP contribution in [0.25, 0.3) is 0 Å². The van der Waals surface area contributed by atoms with E-state index in [1.807, 2.05) is 13.0 Å². The number of amides is 2. The molecule has 1 heterocycles. The minimum absolute atomic E-state index is 0. The number of nitrogens with one attached hydrogen (secondary N) is 2. The van der Waals surface area contributed by atoms with E-state index >= 15 is 0 Å². The van der Waals surface area contributed by atoms with Crippen LogP contribution < -0.4 is 10.6 Å². The molecule has 0 saturated carbocycles. The number of anilines is 1. The zero-order chi connectivity index (χ0) is 18.7. The molecule has 0 unspecified atom stereocenters. The number of rotatable bonds is 4. The van der Waals surface area contributed by atoms with E-state index in [1.54, 1.807) is 36.2 Å². The highest BCUT2D eigenvalue weighted by Gasteiger charge is 2.19. The molecule has 5 nitrogen and oxygen atoms in total. The van der Waals surface area contributed by atoms with Gasteiger partial charge in [-0.3, -0.25) is 9.59 Å². The summed E-state index contributed by atoms with van der Waals surface area (Å²) >= 11 is 0. The van der Waals surface area contributed by atoms with Gasteiger partial charge in [0.25, 0.3) is 11.8 Å². The second-order valence-corrected chi connectivity index (χ2v) is 6.35. The summed E-state index contributed by atoms with van der Waals surface area (Å²) in [7, 11) is 1.70. The molecular formula is C20H23ClFN3O2. The number of carbonyl (C=O) groups is 2. The van der Waals surface area contributed by atoms with Crippen molar-refractivity contribution >= 4 is 29.9 Å². The monoisotopic (exact) mass is 391 g/mol. The Labute approximate surface area is 164 Å². The van der Waals surface area contributed by atoms with E-state index in [-0.39, 0.29) is 29.8 Å². The van der Waals surface area contributed by atoms with Crippen molar-refractivity contribution in [2.75, 3.05) is 25.5 Å². The van der Waals surface area contributed by atoms with E-state index in [4.69, 9.17) is 0 Å². The summed E-state index contributed by atoms with van der Waals surface area (Å²) in [5.74, 6) is -0.975. The molecule has 2 aromatic carbocycles. The van der Waals surface area contributed by atoms with Crippen LogP contribution in [0.3, 0.4) is 0 Å². The van der Waals surface area contributed by atoms with Crippen molar-refractivity contribution < 1.29 is 14.0 Å². The van der Waals surface area contributed by atoms with Gasteiger partial charge in [0.1, 0.15) is 5.82 Å². The van der Waals surface area contributed by atoms with Crippen molar-refractivity contribution in [3.63, 3.8) is 0 Å². The Balaban J connectivity index is 0.00000261. The molecule has 2 aromatic rings. The second kappa shape index (κ2) is 8.97. The van der Waals surface area contributed by atoms with Crippen LogP contribution in [0.5, 0.6) is 0 Å². The first-order valence-corrected chi connectivity index (χ1v) is 8.69. The van der Waals surface area contributed by atoms with Crippen LogP contribution in [-0.4, -0.2) is 36.9 Å². The maximum atomic E-state index is 14.7. The lowest BCUT2D eigenvalue weighted by atomic mass is 9.99. The van der Waals surface area contributed by atoms with Gasteiger partial charge in [-0.15, -0.1) is 12.4 Å². The first-order valence-electron chi connectivity index (χ1n) is 8.69. The molecule has 27 heavy (non-hydrogen) atoms. The predicted molar refractivity (Wildman–Crippen MR) is 106 cm³/mol. The summed E-state index contributed by atoms with van der Waals surface area (Å²) in [6.07, 6.45) is 0.595. The van der Waals surface area contributed by atoms with Crippen molar-refractivity contribution in [2.24, 2.45) is 0 Å². The maximum Gasteiger partial charge on any atom is 0.255 e. The first kappa shape index (κ1) is 20.9. The van der Waals surface area contributed by atoms with Crippen LogP contribution in [0.15, 0.2) is 36.4 Å². The first-order chi connectivity index (χ1) is 12.5. The smallest absolute Gasteiger partial charge is 0.255 e. The fourth-order valence-electron chi connectivity index (χ4n) is 2.98. The third-order valence-corrected chi connectivity index (χ3v) is 4.65. The SMILES string of the molecule is CCN(C)C(=O)c1cccc(C(=O)Nc2ccc3c(c2F)CCNC3)c1.Cl. The van der Waals surface area contributed by atoms with Crippen LogP contribution in [0.4, 0.5) is 10.1 Å². The van der Waals surface area contributed by atoms with Crippen molar-refractivity contribution in [1.82, 2.24) is 10.2 Å². The van der Waals surface area contributed by atoms with E-state index < -0.39 is 5.91 Å². The molecule has 0 spiro atoms. The molecule has 0 aromatic heterocycles. The van der Waals surface area contributed by atoms with E-state index in [9.17, 15) is 14.0 Å². The van der Waals surface area contributed by atoms with Crippen molar-refractivity contribution in [3.8, 4) is 0 Å². The quantitative estimate of drug-likeness (QED) is 0.841. The van der Waals surface area contributed by atoms with Crippen LogP contribution in [0, 0.1) is 5.82 Å². The molecule has 3 rings (SSSR count). The fraction of sp³-hybridized carbons (Fsp3) is 0.300. The largest absolute Gasteiger partial charge is 0.342 e. The van der Waals surface area contributed by atoms with Gasteiger partial charge in [-0.1, -0.05) is 12.1 Å². The molecule has 1 aliphatic rings. The molecule has 1 aliphatic heterocycles. The van der Waals surface area contributed by atoms with Gasteiger partial charge in [0.15, 0.2) is 0 Å². The predicted octanol–water partition coefficient (Wildman–Crippen LogP) is 3.24. The Morgan fingerprint density at radius 2 is 1.96 bits per heavy atom. The van der Waals surface area contributed by atoms with Crippen LogP contribution in [-0.2, 0) is 13.0 Å². The van der Waals surface area contributed by atoms with Gasteiger partial charge >= 0.3 is 0 Å². The Bertz CT molecular complexity index is 857. The summed E-state index contributed by atoms with van der Waals surface area (Å²) in [6.45, 7) is 3.80. The maximum absolute atomic E-state index is 14.7. The van der Waals surface area contributed by atoms with Gasteiger partial charge in [-0.05, 0) is 55.3 Å². The fourth-order valence-corrected chi connectivity index (χ4v) is 2.98. The number of carbonyl (C=O) groups excluding carboxylic acids is 2. The highest BCUT2D eigenvalue weighted by Crippen LogP contribution is 2.25. The molecule has 0 fully saturated rings. The number of halogens is 2. The normalized spacial score (nSPS) is 12.6. The molecule has 2 amide bonds. The summed E-state index contributed by atoms with van der Waals surface area (Å²) in [5.41, 5.74) is 2.48. The van der Waals surface area contributed by atoms with E-state index in [1.165, 1.54) is 6.07 Å². The zero-order valence-electron chi connectivity index (χ0n) is 15.3. The number of benzene rings is 2. The third-order valence-electron chi connectivity index (χ3n) is 4.65. The average molecular weight is 392 g/mol. The number of hydrogen-bond donors (Lipinski definition) is 2. The molecule has 144 valence electrons. The molecule has 2 N–H and O–H groups in total. The van der Waals surface area contributed by atoms with Gasteiger partial charge in [-0.25, -0.2) is 4.39 Å². The number of nitrogens with zero attached hydrogens (tertiary/aromatic N) is 1. The van der Waals surface area contributed by atoms with Gasteiger partial charge in [0.2, 0.25) is 0 Å². The van der Waals surface area contributed by atoms with Crippen LogP contribution in [0.2, 0.25) is 0 Å². The van der Waals surface area contributed by atoms with Gasteiger partial charge in [0, 0.05) is 31.3 Å². The Hall–Kier alpha value is -2.44. The highest BCUT2D eigenvalue weighted by molar-refractivity contribution is 6.06. The van der Waals surface area contributed by atoms with Crippen molar-refractivity contribution in [3.05, 3.63) is 64.5 Å². The van der Waals surface area contributed by atoms with Crippen molar-refractivity contribution in [1.29, 1.82) is 0 Å². The molecule has 0 bridgehead atoms. The van der Waals surface area contributed by atoms with Crippen LogP contribution >= 0.6 is 12.4 Å². The molecule has 0 radical (unpaired) electrons. The lowest BCUT2D eigenvalue weighted by Crippen LogP contribution is -2.26. The van der Waals surface area contributed by atoms with Gasteiger partial charge in [-0.2, -0.15) is 0 Å². The third kappa shape index (κ3) is 4.46. The second-order valence-electron chi connectivity index (χ2n) is 6.35. The van der Waals surface area contributed by atoms with Crippen LogP contribution in [0.1, 0.15) is 38.8 Å². The average Bonchev–Trinajstić information content (AvgIpc) is 2.69. The minimum Gasteiger partial charge on any atom is -0.342 e. The molecule has 7 heteroatoms. The standard InChI is InChI=1S/C20H22FN3O2.ClH/c1-3-24(2)20(26)14-6-4-5-13(11-14)19(25)23-17-8-7-15-12-22-10-9-16(15)18(17)21;/h4-8,11,22H,3,9-10,12H2,1-2H3,(H,23,25);1H. The highest BCUT2D eigenvalue weighted by atomic mass is 35.5. The topological polar surface area (TPSA) is 61.4 Å². The van der Waals surface area contributed by atoms with E-state index in [2.05, 4.69) is 10.6 Å². The molecule has 0 saturated heterocycles. The summed E-state index contributed by atoms with van der Waals surface area (Å²) < 4.78 is 14.7. The molecule has 0 aliphatic carbocycles. The Morgan fingerprint density at radius 3 is 2.70 bits per heavy atom. The Morgan fingerprint density at radius 1 is 1.22 bits per heavy atom. The summed E-state index contributed by atoms with van der Waals surface area (Å²) in [6, 6.07) is 9.87. The summed E-state index contributed by atoms with van der Waals surface area (Å²) in [4.78, 5) is 26.3. The Kier molecular flexibility index (Phi) is 6.93. The zero-order valence-corrected chi connectivity index (χ0v) is 16.2. The van der Waals surface area contributed by atoms with Crippen molar-refractivity contribution in [2.45, 2.75) is 19.9 Å². The molecule has 0 atom stereocenters. The molecular weight excluding hydrogens is 369 g/mol. The van der Waals surface area contributed by atoms with Gasteiger partial charge < -0.3 is 15.5 Å². The van der Waals surface area contributed by atoms with E-state index in [0.717, 1.165) is 12.1 Å². The lowest BCUT2D eigenvalue weighted by Gasteiger charge is -2.19. The number of fused-ring (bicyclic) bond motifs is 1. The summed E-state index contributed by atoms with van der Waals surface area (Å²) in [5, 5.41) is 5.82. The van der Waals surface area contributed by atoms with E-state index in [0.29, 0.717) is 36.2 Å². The lowest BCUT2D eigenvalue weighted by molar-refractivity contribution is 0.0802. The minimum atomic E-state index is -0.438.